The summed E-state index contributed by atoms with van der Waals surface area (Å²) in [5.74, 6) is 1.38. The lowest BCUT2D eigenvalue weighted by molar-refractivity contribution is -0.0106. The zero-order valence-corrected chi connectivity index (χ0v) is 12.8. The number of aromatic nitrogens is 2. The minimum atomic E-state index is -0.493. The van der Waals surface area contributed by atoms with E-state index in [0.717, 1.165) is 19.4 Å². The summed E-state index contributed by atoms with van der Waals surface area (Å²) in [5.41, 5.74) is -0.493. The standard InChI is InChI=1S/C14H25N3O3/c1-5-7-15-11-9-19-8-10(11)12-16-13(17-20-12)14(3,6-2)18-4/h10-11,15H,5-9H2,1-4H3. The second-order valence-corrected chi connectivity index (χ2v) is 5.45. The summed E-state index contributed by atoms with van der Waals surface area (Å²) in [7, 11) is 1.67. The predicted octanol–water partition coefficient (Wildman–Crippen LogP) is 1.82. The number of nitrogens with zero attached hydrogens (tertiary/aromatic N) is 2. The van der Waals surface area contributed by atoms with Crippen molar-refractivity contribution in [1.82, 2.24) is 15.5 Å². The zero-order chi connectivity index (χ0) is 14.6. The zero-order valence-electron chi connectivity index (χ0n) is 12.8. The fourth-order valence-electron chi connectivity index (χ4n) is 2.32. The summed E-state index contributed by atoms with van der Waals surface area (Å²) in [6.07, 6.45) is 1.89. The van der Waals surface area contributed by atoms with Crippen molar-refractivity contribution in [3.8, 4) is 0 Å². The molecule has 114 valence electrons. The summed E-state index contributed by atoms with van der Waals surface area (Å²) in [6.45, 7) is 8.45. The molecule has 0 amide bonds. The van der Waals surface area contributed by atoms with Crippen LogP contribution in [0.3, 0.4) is 0 Å². The van der Waals surface area contributed by atoms with E-state index in [1.165, 1.54) is 0 Å². The summed E-state index contributed by atoms with van der Waals surface area (Å²) in [4.78, 5) is 4.54. The van der Waals surface area contributed by atoms with E-state index >= 15 is 0 Å². The number of rotatable bonds is 7. The first-order valence-electron chi connectivity index (χ1n) is 7.35. The third-order valence-corrected chi connectivity index (χ3v) is 4.09. The van der Waals surface area contributed by atoms with E-state index in [4.69, 9.17) is 14.0 Å². The van der Waals surface area contributed by atoms with Crippen LogP contribution in [0.5, 0.6) is 0 Å². The molecule has 1 N–H and O–H groups in total. The monoisotopic (exact) mass is 283 g/mol. The van der Waals surface area contributed by atoms with Gasteiger partial charge in [0.25, 0.3) is 0 Å². The van der Waals surface area contributed by atoms with E-state index in [9.17, 15) is 0 Å². The molecular weight excluding hydrogens is 258 g/mol. The molecule has 3 unspecified atom stereocenters. The number of ether oxygens (including phenoxy) is 2. The van der Waals surface area contributed by atoms with E-state index in [1.54, 1.807) is 7.11 Å². The van der Waals surface area contributed by atoms with Gasteiger partial charge in [-0.05, 0) is 26.3 Å². The maximum Gasteiger partial charge on any atom is 0.233 e. The van der Waals surface area contributed by atoms with Crippen molar-refractivity contribution in [3.05, 3.63) is 11.7 Å². The lowest BCUT2D eigenvalue weighted by Crippen LogP contribution is -2.35. The van der Waals surface area contributed by atoms with Crippen molar-refractivity contribution < 1.29 is 14.0 Å². The first-order valence-corrected chi connectivity index (χ1v) is 7.35. The van der Waals surface area contributed by atoms with E-state index in [-0.39, 0.29) is 12.0 Å². The minimum absolute atomic E-state index is 0.126. The van der Waals surface area contributed by atoms with Gasteiger partial charge in [-0.15, -0.1) is 0 Å². The van der Waals surface area contributed by atoms with Crippen LogP contribution in [0, 0.1) is 0 Å². The fraction of sp³-hybridized carbons (Fsp3) is 0.857. The first-order chi connectivity index (χ1) is 9.64. The Hall–Kier alpha value is -0.980. The first kappa shape index (κ1) is 15.4. The van der Waals surface area contributed by atoms with Crippen molar-refractivity contribution in [1.29, 1.82) is 0 Å². The lowest BCUT2D eigenvalue weighted by Gasteiger charge is -2.22. The van der Waals surface area contributed by atoms with E-state index in [1.807, 2.05) is 13.8 Å². The van der Waals surface area contributed by atoms with Crippen LogP contribution in [0.15, 0.2) is 4.52 Å². The highest BCUT2D eigenvalue weighted by molar-refractivity contribution is 5.06. The van der Waals surface area contributed by atoms with Crippen LogP contribution in [0.25, 0.3) is 0 Å². The van der Waals surface area contributed by atoms with Crippen LogP contribution in [-0.2, 0) is 15.1 Å². The number of hydrogen-bond acceptors (Lipinski definition) is 6. The number of nitrogens with one attached hydrogen (secondary N) is 1. The van der Waals surface area contributed by atoms with Gasteiger partial charge in [-0.3, -0.25) is 0 Å². The van der Waals surface area contributed by atoms with Gasteiger partial charge in [0.1, 0.15) is 5.60 Å². The van der Waals surface area contributed by atoms with Gasteiger partial charge in [-0.1, -0.05) is 19.0 Å². The van der Waals surface area contributed by atoms with Gasteiger partial charge in [0.05, 0.1) is 19.1 Å². The molecule has 6 nitrogen and oxygen atoms in total. The Morgan fingerprint density at radius 3 is 2.85 bits per heavy atom. The third kappa shape index (κ3) is 3.02. The second-order valence-electron chi connectivity index (χ2n) is 5.45. The molecule has 20 heavy (non-hydrogen) atoms. The van der Waals surface area contributed by atoms with Crippen molar-refractivity contribution in [2.75, 3.05) is 26.9 Å². The van der Waals surface area contributed by atoms with Crippen LogP contribution in [-0.4, -0.2) is 43.1 Å². The van der Waals surface area contributed by atoms with E-state index in [0.29, 0.717) is 24.9 Å². The Labute approximate surface area is 120 Å². The molecule has 1 aromatic heterocycles. The predicted molar refractivity (Wildman–Crippen MR) is 74.6 cm³/mol. The molecule has 6 heteroatoms. The largest absolute Gasteiger partial charge is 0.379 e. The lowest BCUT2D eigenvalue weighted by atomic mass is 10.0. The van der Waals surface area contributed by atoms with Crippen LogP contribution in [0.2, 0.25) is 0 Å². The van der Waals surface area contributed by atoms with Crippen molar-refractivity contribution in [2.45, 2.75) is 51.2 Å². The van der Waals surface area contributed by atoms with Gasteiger partial charge in [-0.25, -0.2) is 0 Å². The van der Waals surface area contributed by atoms with Gasteiger partial charge in [0, 0.05) is 13.2 Å². The molecular formula is C14H25N3O3. The summed E-state index contributed by atoms with van der Waals surface area (Å²) in [6, 6.07) is 0.249. The normalized spacial score (nSPS) is 25.8. The summed E-state index contributed by atoms with van der Waals surface area (Å²) < 4.78 is 16.5. The Bertz CT molecular complexity index is 418. The average molecular weight is 283 g/mol. The van der Waals surface area contributed by atoms with Crippen molar-refractivity contribution >= 4 is 0 Å². The van der Waals surface area contributed by atoms with E-state index in [2.05, 4.69) is 22.4 Å². The Morgan fingerprint density at radius 2 is 2.20 bits per heavy atom. The molecule has 1 aliphatic rings. The molecule has 1 aromatic rings. The molecule has 0 spiro atoms. The van der Waals surface area contributed by atoms with Crippen molar-refractivity contribution in [3.63, 3.8) is 0 Å². The van der Waals surface area contributed by atoms with Crippen LogP contribution < -0.4 is 5.32 Å². The van der Waals surface area contributed by atoms with Gasteiger partial charge in [0.2, 0.25) is 11.7 Å². The van der Waals surface area contributed by atoms with Gasteiger partial charge in [-0.2, -0.15) is 4.98 Å². The summed E-state index contributed by atoms with van der Waals surface area (Å²) >= 11 is 0. The minimum Gasteiger partial charge on any atom is -0.379 e. The van der Waals surface area contributed by atoms with E-state index < -0.39 is 5.60 Å². The molecule has 0 bridgehead atoms. The maximum absolute atomic E-state index is 5.55. The molecule has 1 aliphatic heterocycles. The Kier molecular flexibility index (Phi) is 5.12. The molecule has 1 saturated heterocycles. The number of methoxy groups -OCH3 is 1. The molecule has 0 saturated carbocycles. The quantitative estimate of drug-likeness (QED) is 0.823. The third-order valence-electron chi connectivity index (χ3n) is 4.09. The van der Waals surface area contributed by atoms with Crippen LogP contribution >= 0.6 is 0 Å². The van der Waals surface area contributed by atoms with Gasteiger partial charge < -0.3 is 19.3 Å². The molecule has 2 heterocycles. The fourth-order valence-corrected chi connectivity index (χ4v) is 2.32. The number of hydrogen-bond donors (Lipinski definition) is 1. The topological polar surface area (TPSA) is 69.4 Å². The Morgan fingerprint density at radius 1 is 1.40 bits per heavy atom. The molecule has 0 aromatic carbocycles. The summed E-state index contributed by atoms with van der Waals surface area (Å²) in [5, 5.41) is 7.57. The van der Waals surface area contributed by atoms with Crippen LogP contribution in [0.1, 0.15) is 51.2 Å². The molecule has 3 atom stereocenters. The second kappa shape index (κ2) is 6.65. The van der Waals surface area contributed by atoms with Crippen LogP contribution in [0.4, 0.5) is 0 Å². The molecule has 0 aliphatic carbocycles. The highest BCUT2D eigenvalue weighted by atomic mass is 16.5. The molecule has 1 fully saturated rings. The molecule has 2 rings (SSSR count). The highest BCUT2D eigenvalue weighted by Gasteiger charge is 2.36. The van der Waals surface area contributed by atoms with Crippen molar-refractivity contribution in [2.24, 2.45) is 0 Å². The molecule has 0 radical (unpaired) electrons. The maximum atomic E-state index is 5.55. The van der Waals surface area contributed by atoms with Gasteiger partial charge in [0.15, 0.2) is 0 Å². The SMILES string of the molecule is CCCNC1COCC1c1nc(C(C)(CC)OC)no1. The van der Waals surface area contributed by atoms with Gasteiger partial charge >= 0.3 is 0 Å². The Balaban J connectivity index is 2.11. The average Bonchev–Trinajstić information content (AvgIpc) is 3.12. The highest BCUT2D eigenvalue weighted by Crippen LogP contribution is 2.29. The smallest absolute Gasteiger partial charge is 0.233 e.